The number of ether oxygens (including phenoxy) is 2. The quantitative estimate of drug-likeness (QED) is 0.373. The zero-order valence-corrected chi connectivity index (χ0v) is 18.6. The molecule has 3 aromatic rings. The first-order valence-corrected chi connectivity index (χ1v) is 11.0. The molecule has 9 nitrogen and oxygen atoms in total. The van der Waals surface area contributed by atoms with E-state index < -0.39 is 0 Å². The number of fused-ring (bicyclic) bond motifs is 2. The fraction of sp³-hybridized carbons (Fsp3) is 0.333. The van der Waals surface area contributed by atoms with Gasteiger partial charge in [0.15, 0.2) is 11.5 Å². The Morgan fingerprint density at radius 2 is 1.97 bits per heavy atom. The second-order valence-corrected chi connectivity index (χ2v) is 8.40. The van der Waals surface area contributed by atoms with Gasteiger partial charge in [-0.05, 0) is 30.2 Å². The summed E-state index contributed by atoms with van der Waals surface area (Å²) in [5, 5.41) is 12.7. The SMILES string of the molecule is CC(C)C1CN(c2cnc3ccccc3n2)CCN1/C(=N\C#N)Nc1ccc2c(c1)OCO2. The van der Waals surface area contributed by atoms with Crippen molar-refractivity contribution in [2.24, 2.45) is 10.9 Å². The molecular formula is C24H25N7O2. The van der Waals surface area contributed by atoms with E-state index in [2.05, 4.69) is 38.9 Å². The molecule has 3 heterocycles. The van der Waals surface area contributed by atoms with E-state index in [0.29, 0.717) is 29.9 Å². The predicted molar refractivity (Wildman–Crippen MR) is 126 cm³/mol. The average Bonchev–Trinajstić information content (AvgIpc) is 3.31. The summed E-state index contributed by atoms with van der Waals surface area (Å²) in [5.41, 5.74) is 2.56. The molecule has 1 atom stereocenters. The number of piperazine rings is 1. The molecule has 33 heavy (non-hydrogen) atoms. The number of aliphatic imine (C=N–C) groups is 1. The molecule has 2 aliphatic rings. The van der Waals surface area contributed by atoms with Gasteiger partial charge < -0.3 is 24.6 Å². The standard InChI is InChI=1S/C24H25N7O2/c1-16(2)20-13-30(23-12-26-18-5-3-4-6-19(18)29-23)9-10-31(20)24(27-14-25)28-17-7-8-21-22(11-17)33-15-32-21/h3-8,11-12,16,20H,9-10,13,15H2,1-2H3,(H,27,28). The lowest BCUT2D eigenvalue weighted by Gasteiger charge is -2.44. The van der Waals surface area contributed by atoms with Crippen LogP contribution in [0, 0.1) is 17.4 Å². The summed E-state index contributed by atoms with van der Waals surface area (Å²) in [6, 6.07) is 13.6. The highest BCUT2D eigenvalue weighted by Crippen LogP contribution is 2.34. The number of nitrogens with zero attached hydrogens (tertiary/aromatic N) is 6. The summed E-state index contributed by atoms with van der Waals surface area (Å²) in [4.78, 5) is 17.9. The lowest BCUT2D eigenvalue weighted by Crippen LogP contribution is -2.58. The monoisotopic (exact) mass is 443 g/mol. The highest BCUT2D eigenvalue weighted by atomic mass is 16.7. The molecule has 0 radical (unpaired) electrons. The van der Waals surface area contributed by atoms with Crippen molar-refractivity contribution >= 4 is 28.5 Å². The molecule has 2 aromatic carbocycles. The van der Waals surface area contributed by atoms with Crippen LogP contribution in [0.15, 0.2) is 53.7 Å². The second-order valence-electron chi connectivity index (χ2n) is 8.40. The van der Waals surface area contributed by atoms with Crippen molar-refractivity contribution in [1.82, 2.24) is 14.9 Å². The Morgan fingerprint density at radius 1 is 1.15 bits per heavy atom. The van der Waals surface area contributed by atoms with Gasteiger partial charge in [-0.3, -0.25) is 4.98 Å². The van der Waals surface area contributed by atoms with Gasteiger partial charge in [-0.15, -0.1) is 4.99 Å². The van der Waals surface area contributed by atoms with E-state index in [9.17, 15) is 5.26 Å². The Balaban J connectivity index is 1.38. The maximum atomic E-state index is 9.38. The van der Waals surface area contributed by atoms with Crippen LogP contribution in [0.3, 0.4) is 0 Å². The van der Waals surface area contributed by atoms with Gasteiger partial charge in [-0.2, -0.15) is 5.26 Å². The van der Waals surface area contributed by atoms with Crippen LogP contribution in [0.4, 0.5) is 11.5 Å². The zero-order valence-electron chi connectivity index (χ0n) is 18.6. The number of nitriles is 1. The summed E-state index contributed by atoms with van der Waals surface area (Å²) in [5.74, 6) is 3.10. The molecule has 0 spiro atoms. The van der Waals surface area contributed by atoms with E-state index in [1.807, 2.05) is 54.9 Å². The average molecular weight is 444 g/mol. The summed E-state index contributed by atoms with van der Waals surface area (Å²) >= 11 is 0. The molecule has 2 aliphatic heterocycles. The molecule has 1 aromatic heterocycles. The van der Waals surface area contributed by atoms with Gasteiger partial charge in [0.2, 0.25) is 18.9 Å². The van der Waals surface area contributed by atoms with Crippen molar-refractivity contribution in [3.8, 4) is 17.7 Å². The number of hydrogen-bond acceptors (Lipinski definition) is 7. The van der Waals surface area contributed by atoms with Crippen molar-refractivity contribution < 1.29 is 9.47 Å². The zero-order chi connectivity index (χ0) is 22.8. The van der Waals surface area contributed by atoms with Gasteiger partial charge in [0.25, 0.3) is 0 Å². The van der Waals surface area contributed by atoms with Crippen LogP contribution < -0.4 is 19.7 Å². The van der Waals surface area contributed by atoms with Crippen molar-refractivity contribution in [3.05, 3.63) is 48.7 Å². The minimum atomic E-state index is 0.126. The molecule has 168 valence electrons. The van der Waals surface area contributed by atoms with Gasteiger partial charge in [0.05, 0.1) is 23.3 Å². The van der Waals surface area contributed by atoms with E-state index >= 15 is 0 Å². The predicted octanol–water partition coefficient (Wildman–Crippen LogP) is 3.45. The molecule has 5 rings (SSSR count). The van der Waals surface area contributed by atoms with E-state index in [1.165, 1.54) is 0 Å². The smallest absolute Gasteiger partial charge is 0.231 e. The van der Waals surface area contributed by atoms with Crippen molar-refractivity contribution in [2.75, 3.05) is 36.6 Å². The summed E-state index contributed by atoms with van der Waals surface area (Å²) in [6.07, 6.45) is 3.79. The van der Waals surface area contributed by atoms with E-state index in [1.54, 1.807) is 0 Å². The number of rotatable bonds is 3. The lowest BCUT2D eigenvalue weighted by molar-refractivity contribution is 0.174. The Labute approximate surface area is 192 Å². The Morgan fingerprint density at radius 3 is 2.79 bits per heavy atom. The fourth-order valence-electron chi connectivity index (χ4n) is 4.27. The Kier molecular flexibility index (Phi) is 5.57. The molecule has 0 amide bonds. The third-order valence-corrected chi connectivity index (χ3v) is 6.00. The van der Waals surface area contributed by atoms with Crippen molar-refractivity contribution in [1.29, 1.82) is 5.26 Å². The van der Waals surface area contributed by atoms with Gasteiger partial charge in [0, 0.05) is 31.4 Å². The number of para-hydroxylation sites is 2. The molecule has 9 heteroatoms. The van der Waals surface area contributed by atoms with E-state index in [-0.39, 0.29) is 12.8 Å². The molecule has 0 saturated carbocycles. The molecule has 0 bridgehead atoms. The van der Waals surface area contributed by atoms with Crippen LogP contribution in [0.5, 0.6) is 11.5 Å². The van der Waals surface area contributed by atoms with Crippen molar-refractivity contribution in [3.63, 3.8) is 0 Å². The van der Waals surface area contributed by atoms with Crippen LogP contribution in [0.25, 0.3) is 11.0 Å². The maximum Gasteiger partial charge on any atom is 0.231 e. The topological polar surface area (TPSA) is 98.9 Å². The summed E-state index contributed by atoms with van der Waals surface area (Å²) < 4.78 is 10.9. The van der Waals surface area contributed by atoms with E-state index in [0.717, 1.165) is 35.6 Å². The van der Waals surface area contributed by atoms with Crippen LogP contribution >= 0.6 is 0 Å². The van der Waals surface area contributed by atoms with Crippen molar-refractivity contribution in [2.45, 2.75) is 19.9 Å². The van der Waals surface area contributed by atoms with Gasteiger partial charge >= 0.3 is 0 Å². The number of anilines is 2. The Hall–Kier alpha value is -4.06. The second kappa shape index (κ2) is 8.82. The number of guanidine groups is 1. The first kappa shape index (κ1) is 20.8. The number of nitrogens with one attached hydrogen (secondary N) is 1. The third kappa shape index (κ3) is 4.20. The van der Waals surface area contributed by atoms with Gasteiger partial charge in [-0.1, -0.05) is 26.0 Å². The summed E-state index contributed by atoms with van der Waals surface area (Å²) in [6.45, 7) is 6.75. The highest BCUT2D eigenvalue weighted by molar-refractivity contribution is 5.95. The molecule has 1 unspecified atom stereocenters. The maximum absolute atomic E-state index is 9.38. The molecular weight excluding hydrogens is 418 g/mol. The van der Waals surface area contributed by atoms with Crippen LogP contribution in [0.2, 0.25) is 0 Å². The largest absolute Gasteiger partial charge is 0.454 e. The number of benzene rings is 2. The third-order valence-electron chi connectivity index (χ3n) is 6.00. The van der Waals surface area contributed by atoms with Crippen LogP contribution in [0.1, 0.15) is 13.8 Å². The van der Waals surface area contributed by atoms with Crippen LogP contribution in [-0.4, -0.2) is 53.3 Å². The number of aromatic nitrogens is 2. The molecule has 1 fully saturated rings. The molecule has 1 saturated heterocycles. The fourth-order valence-corrected chi connectivity index (χ4v) is 4.27. The normalized spacial score (nSPS) is 18.0. The molecule has 0 aliphatic carbocycles. The first-order chi connectivity index (χ1) is 16.1. The molecule has 1 N–H and O–H groups in total. The van der Waals surface area contributed by atoms with Gasteiger partial charge in [-0.25, -0.2) is 4.98 Å². The Bertz CT molecular complexity index is 1240. The summed E-state index contributed by atoms with van der Waals surface area (Å²) in [7, 11) is 0. The minimum Gasteiger partial charge on any atom is -0.454 e. The van der Waals surface area contributed by atoms with E-state index in [4.69, 9.17) is 14.5 Å². The minimum absolute atomic E-state index is 0.126. The van der Waals surface area contributed by atoms with Crippen LogP contribution in [-0.2, 0) is 0 Å². The highest BCUT2D eigenvalue weighted by Gasteiger charge is 2.32. The number of hydrogen-bond donors (Lipinski definition) is 1. The lowest BCUT2D eigenvalue weighted by atomic mass is 9.99. The van der Waals surface area contributed by atoms with Gasteiger partial charge in [0.1, 0.15) is 5.82 Å². The first-order valence-electron chi connectivity index (χ1n) is 11.0.